The van der Waals surface area contributed by atoms with E-state index >= 15 is 0 Å². The monoisotopic (exact) mass is 267 g/mol. The standard InChI is InChI=1S/C10H10BrN3O/c1-2-12-10(15)9-7-5-6(11)3-4-8(7)13-14-9/h3-5H,2H2,1H3,(H,12,15)(H,13,14). The third kappa shape index (κ3) is 1.87. The fraction of sp³-hybridized carbons (Fsp3) is 0.200. The van der Waals surface area contributed by atoms with E-state index in [0.29, 0.717) is 12.2 Å². The molecule has 0 unspecified atom stereocenters. The molecule has 0 fully saturated rings. The van der Waals surface area contributed by atoms with E-state index in [1.54, 1.807) is 0 Å². The maximum atomic E-state index is 11.6. The average Bonchev–Trinajstić information content (AvgIpc) is 2.60. The molecule has 0 saturated carbocycles. The zero-order valence-corrected chi connectivity index (χ0v) is 9.76. The van der Waals surface area contributed by atoms with E-state index in [-0.39, 0.29) is 5.91 Å². The normalized spacial score (nSPS) is 10.5. The van der Waals surface area contributed by atoms with Crippen LogP contribution in [0.2, 0.25) is 0 Å². The zero-order valence-electron chi connectivity index (χ0n) is 8.17. The Bertz CT molecular complexity index is 506. The summed E-state index contributed by atoms with van der Waals surface area (Å²) in [6.45, 7) is 2.48. The van der Waals surface area contributed by atoms with Crippen molar-refractivity contribution >= 4 is 32.7 Å². The van der Waals surface area contributed by atoms with Gasteiger partial charge in [0.15, 0.2) is 5.69 Å². The molecule has 1 aromatic carbocycles. The minimum absolute atomic E-state index is 0.151. The molecule has 0 aliphatic rings. The second kappa shape index (κ2) is 4.02. The summed E-state index contributed by atoms with van der Waals surface area (Å²) >= 11 is 3.37. The van der Waals surface area contributed by atoms with E-state index in [9.17, 15) is 4.79 Å². The summed E-state index contributed by atoms with van der Waals surface area (Å²) in [6, 6.07) is 5.67. The predicted octanol–water partition coefficient (Wildman–Crippen LogP) is 2.08. The summed E-state index contributed by atoms with van der Waals surface area (Å²) in [5.41, 5.74) is 1.30. The number of aromatic nitrogens is 2. The van der Waals surface area contributed by atoms with Gasteiger partial charge in [-0.1, -0.05) is 15.9 Å². The summed E-state index contributed by atoms with van der Waals surface area (Å²) in [4.78, 5) is 11.6. The first-order valence-corrected chi connectivity index (χ1v) is 5.43. The van der Waals surface area contributed by atoms with Gasteiger partial charge in [0.05, 0.1) is 5.52 Å². The Morgan fingerprint density at radius 1 is 1.60 bits per heavy atom. The molecule has 5 heteroatoms. The molecule has 2 rings (SSSR count). The van der Waals surface area contributed by atoms with E-state index in [2.05, 4.69) is 31.4 Å². The van der Waals surface area contributed by atoms with Crippen molar-refractivity contribution in [1.82, 2.24) is 15.5 Å². The van der Waals surface area contributed by atoms with Crippen LogP contribution in [0.4, 0.5) is 0 Å². The van der Waals surface area contributed by atoms with Gasteiger partial charge in [0.2, 0.25) is 0 Å². The largest absolute Gasteiger partial charge is 0.351 e. The fourth-order valence-electron chi connectivity index (χ4n) is 1.40. The van der Waals surface area contributed by atoms with Crippen LogP contribution in [-0.4, -0.2) is 22.6 Å². The molecule has 0 bridgehead atoms. The lowest BCUT2D eigenvalue weighted by molar-refractivity contribution is 0.0952. The number of H-pyrrole nitrogens is 1. The summed E-state index contributed by atoms with van der Waals surface area (Å²) < 4.78 is 0.932. The molecule has 2 N–H and O–H groups in total. The lowest BCUT2D eigenvalue weighted by Gasteiger charge is -1.98. The molecule has 4 nitrogen and oxygen atoms in total. The maximum absolute atomic E-state index is 11.6. The van der Waals surface area contributed by atoms with Gasteiger partial charge in [-0.15, -0.1) is 0 Å². The average molecular weight is 268 g/mol. The molecule has 1 amide bonds. The number of hydrogen-bond donors (Lipinski definition) is 2. The van der Waals surface area contributed by atoms with Crippen molar-refractivity contribution in [2.24, 2.45) is 0 Å². The SMILES string of the molecule is CCNC(=O)c1n[nH]c2ccc(Br)cc12. The smallest absolute Gasteiger partial charge is 0.272 e. The molecule has 2 aromatic rings. The van der Waals surface area contributed by atoms with Crippen molar-refractivity contribution in [1.29, 1.82) is 0 Å². The molecule has 0 aliphatic carbocycles. The first kappa shape index (κ1) is 10.2. The van der Waals surface area contributed by atoms with E-state index in [1.165, 1.54) is 0 Å². The molecule has 0 radical (unpaired) electrons. The van der Waals surface area contributed by atoms with Crippen molar-refractivity contribution < 1.29 is 4.79 Å². The molecule has 0 spiro atoms. The number of nitrogens with one attached hydrogen (secondary N) is 2. The summed E-state index contributed by atoms with van der Waals surface area (Å²) in [5, 5.41) is 10.4. The zero-order chi connectivity index (χ0) is 10.8. The third-order valence-electron chi connectivity index (χ3n) is 2.08. The fourth-order valence-corrected chi connectivity index (χ4v) is 1.76. The molecule has 0 saturated heterocycles. The van der Waals surface area contributed by atoms with Gasteiger partial charge in [-0.3, -0.25) is 9.89 Å². The van der Waals surface area contributed by atoms with E-state index in [0.717, 1.165) is 15.4 Å². The highest BCUT2D eigenvalue weighted by Crippen LogP contribution is 2.20. The van der Waals surface area contributed by atoms with Gasteiger partial charge in [-0.05, 0) is 25.1 Å². The highest BCUT2D eigenvalue weighted by Gasteiger charge is 2.12. The number of benzene rings is 1. The minimum Gasteiger partial charge on any atom is -0.351 e. The van der Waals surface area contributed by atoms with Crippen LogP contribution >= 0.6 is 15.9 Å². The molecule has 0 atom stereocenters. The first-order valence-electron chi connectivity index (χ1n) is 4.64. The van der Waals surface area contributed by atoms with Crippen LogP contribution < -0.4 is 5.32 Å². The molecule has 1 aromatic heterocycles. The third-order valence-corrected chi connectivity index (χ3v) is 2.57. The van der Waals surface area contributed by atoms with Crippen molar-refractivity contribution in [3.8, 4) is 0 Å². The Balaban J connectivity index is 2.52. The molecule has 1 heterocycles. The highest BCUT2D eigenvalue weighted by atomic mass is 79.9. The van der Waals surface area contributed by atoms with Crippen molar-refractivity contribution in [3.63, 3.8) is 0 Å². The maximum Gasteiger partial charge on any atom is 0.272 e. The van der Waals surface area contributed by atoms with E-state index < -0.39 is 0 Å². The van der Waals surface area contributed by atoms with Crippen molar-refractivity contribution in [2.45, 2.75) is 6.92 Å². The van der Waals surface area contributed by atoms with Gasteiger partial charge in [0, 0.05) is 16.4 Å². The van der Waals surface area contributed by atoms with Crippen molar-refractivity contribution in [3.05, 3.63) is 28.4 Å². The lowest BCUT2D eigenvalue weighted by Crippen LogP contribution is -2.23. The molecular weight excluding hydrogens is 258 g/mol. The van der Waals surface area contributed by atoms with Crippen LogP contribution in [0.3, 0.4) is 0 Å². The second-order valence-corrected chi connectivity index (χ2v) is 4.04. The van der Waals surface area contributed by atoms with Crippen LogP contribution in [0.25, 0.3) is 10.9 Å². The van der Waals surface area contributed by atoms with Crippen LogP contribution in [0.5, 0.6) is 0 Å². The number of aromatic amines is 1. The number of rotatable bonds is 2. The van der Waals surface area contributed by atoms with Gasteiger partial charge in [-0.25, -0.2) is 0 Å². The van der Waals surface area contributed by atoms with Crippen LogP contribution in [0, 0.1) is 0 Å². The van der Waals surface area contributed by atoms with Gasteiger partial charge in [0.25, 0.3) is 5.91 Å². The minimum atomic E-state index is -0.151. The molecule has 78 valence electrons. The Labute approximate surface area is 95.2 Å². The van der Waals surface area contributed by atoms with Crippen LogP contribution in [0.1, 0.15) is 17.4 Å². The number of nitrogens with zero attached hydrogens (tertiary/aromatic N) is 1. The number of carbonyl (C=O) groups excluding carboxylic acids is 1. The van der Waals surface area contributed by atoms with E-state index in [1.807, 2.05) is 25.1 Å². The Hall–Kier alpha value is -1.36. The van der Waals surface area contributed by atoms with Crippen LogP contribution in [0.15, 0.2) is 22.7 Å². The van der Waals surface area contributed by atoms with Gasteiger partial charge in [-0.2, -0.15) is 5.10 Å². The summed E-state index contributed by atoms with van der Waals surface area (Å²) in [7, 11) is 0. The first-order chi connectivity index (χ1) is 7.22. The number of hydrogen-bond acceptors (Lipinski definition) is 2. The summed E-state index contributed by atoms with van der Waals surface area (Å²) in [6.07, 6.45) is 0. The highest BCUT2D eigenvalue weighted by molar-refractivity contribution is 9.10. The molecular formula is C10H10BrN3O. The van der Waals surface area contributed by atoms with Gasteiger partial charge in [0.1, 0.15) is 0 Å². The Morgan fingerprint density at radius 2 is 2.40 bits per heavy atom. The van der Waals surface area contributed by atoms with Gasteiger partial charge >= 0.3 is 0 Å². The Kier molecular flexibility index (Phi) is 2.73. The molecule has 15 heavy (non-hydrogen) atoms. The Morgan fingerprint density at radius 3 is 3.13 bits per heavy atom. The lowest BCUT2D eigenvalue weighted by atomic mass is 10.2. The topological polar surface area (TPSA) is 57.8 Å². The number of halogens is 1. The van der Waals surface area contributed by atoms with Crippen LogP contribution in [-0.2, 0) is 0 Å². The number of amides is 1. The molecule has 0 aliphatic heterocycles. The number of carbonyl (C=O) groups is 1. The van der Waals surface area contributed by atoms with Gasteiger partial charge < -0.3 is 5.32 Å². The summed E-state index contributed by atoms with van der Waals surface area (Å²) in [5.74, 6) is -0.151. The number of fused-ring (bicyclic) bond motifs is 1. The second-order valence-electron chi connectivity index (χ2n) is 3.12. The quantitative estimate of drug-likeness (QED) is 0.876. The predicted molar refractivity (Wildman–Crippen MR) is 61.8 cm³/mol. The van der Waals surface area contributed by atoms with Crippen molar-refractivity contribution in [2.75, 3.05) is 6.54 Å². The van der Waals surface area contributed by atoms with E-state index in [4.69, 9.17) is 0 Å².